The van der Waals surface area contributed by atoms with Gasteiger partial charge in [-0.3, -0.25) is 9.59 Å². The molecule has 74 valence electrons. The molecule has 0 radical (unpaired) electrons. The standard InChI is InChI=1S/C9H10N2O3/c10-6-1-3-7(4-2-6)11-8(12)5-9(13)14/h1-4H,5,10H2,(H,11,12)(H,13,14). The van der Waals surface area contributed by atoms with Gasteiger partial charge in [0.15, 0.2) is 0 Å². The summed E-state index contributed by atoms with van der Waals surface area (Å²) in [6.45, 7) is 0. The Hall–Kier alpha value is -2.04. The van der Waals surface area contributed by atoms with Crippen LogP contribution in [0.25, 0.3) is 0 Å². The molecular formula is C9H10N2O3. The zero-order valence-electron chi connectivity index (χ0n) is 7.36. The van der Waals surface area contributed by atoms with Gasteiger partial charge in [0, 0.05) is 11.4 Å². The molecule has 1 aromatic carbocycles. The lowest BCUT2D eigenvalue weighted by Gasteiger charge is -2.02. The van der Waals surface area contributed by atoms with Gasteiger partial charge in [0.1, 0.15) is 6.42 Å². The van der Waals surface area contributed by atoms with Crippen LogP contribution < -0.4 is 11.1 Å². The molecule has 5 nitrogen and oxygen atoms in total. The van der Waals surface area contributed by atoms with Crippen molar-refractivity contribution in [2.75, 3.05) is 11.1 Å². The minimum Gasteiger partial charge on any atom is -0.481 e. The Morgan fingerprint density at radius 3 is 2.36 bits per heavy atom. The number of carboxylic acids is 1. The number of rotatable bonds is 3. The number of anilines is 2. The minimum absolute atomic E-state index is 0.533. The molecule has 0 atom stereocenters. The molecule has 0 unspecified atom stereocenters. The summed E-state index contributed by atoms with van der Waals surface area (Å²) in [6, 6.07) is 6.46. The summed E-state index contributed by atoms with van der Waals surface area (Å²) in [6.07, 6.45) is -0.537. The number of nitrogen functional groups attached to an aromatic ring is 1. The lowest BCUT2D eigenvalue weighted by molar-refractivity contribution is -0.139. The highest BCUT2D eigenvalue weighted by Gasteiger charge is 2.06. The maximum atomic E-state index is 11.0. The number of carbonyl (C=O) groups excluding carboxylic acids is 1. The van der Waals surface area contributed by atoms with Crippen molar-refractivity contribution < 1.29 is 14.7 Å². The molecule has 0 spiro atoms. The molecule has 0 saturated heterocycles. The van der Waals surface area contributed by atoms with Crippen molar-refractivity contribution in [1.82, 2.24) is 0 Å². The molecule has 0 aliphatic rings. The number of carboxylic acid groups (broad SMARTS) is 1. The Bertz CT molecular complexity index is 346. The molecule has 0 saturated carbocycles. The molecule has 0 aliphatic carbocycles. The van der Waals surface area contributed by atoms with Crippen molar-refractivity contribution in [2.45, 2.75) is 6.42 Å². The number of carbonyl (C=O) groups is 2. The maximum Gasteiger partial charge on any atom is 0.312 e. The van der Waals surface area contributed by atoms with Crippen molar-refractivity contribution in [3.8, 4) is 0 Å². The van der Waals surface area contributed by atoms with Gasteiger partial charge in [0.05, 0.1) is 0 Å². The van der Waals surface area contributed by atoms with Gasteiger partial charge < -0.3 is 16.2 Å². The van der Waals surface area contributed by atoms with Crippen molar-refractivity contribution >= 4 is 23.3 Å². The Morgan fingerprint density at radius 2 is 1.86 bits per heavy atom. The SMILES string of the molecule is Nc1ccc(NC(=O)CC(=O)O)cc1. The predicted molar refractivity (Wildman–Crippen MR) is 51.7 cm³/mol. The van der Waals surface area contributed by atoms with Crippen LogP contribution in [0.1, 0.15) is 6.42 Å². The van der Waals surface area contributed by atoms with Crippen molar-refractivity contribution in [3.05, 3.63) is 24.3 Å². The lowest BCUT2D eigenvalue weighted by Crippen LogP contribution is -2.15. The quantitative estimate of drug-likeness (QED) is 0.487. The highest BCUT2D eigenvalue weighted by molar-refractivity contribution is 6.01. The normalized spacial score (nSPS) is 9.43. The Labute approximate surface area is 80.5 Å². The first-order valence-electron chi connectivity index (χ1n) is 3.95. The number of hydrogen-bond donors (Lipinski definition) is 3. The molecule has 0 aromatic heterocycles. The Balaban J connectivity index is 2.56. The monoisotopic (exact) mass is 194 g/mol. The molecule has 1 amide bonds. The zero-order chi connectivity index (χ0) is 10.6. The first kappa shape index (κ1) is 10.0. The van der Waals surface area contributed by atoms with Crippen LogP contribution in [0.5, 0.6) is 0 Å². The van der Waals surface area contributed by atoms with Crippen LogP contribution in [-0.2, 0) is 9.59 Å². The number of hydrogen-bond acceptors (Lipinski definition) is 3. The Morgan fingerprint density at radius 1 is 1.29 bits per heavy atom. The van der Waals surface area contributed by atoms with Gasteiger partial charge in [-0.15, -0.1) is 0 Å². The fourth-order valence-corrected chi connectivity index (χ4v) is 0.909. The van der Waals surface area contributed by atoms with Gasteiger partial charge in [-0.1, -0.05) is 0 Å². The third-order valence-corrected chi connectivity index (χ3v) is 1.51. The molecule has 4 N–H and O–H groups in total. The summed E-state index contributed by atoms with van der Waals surface area (Å²) < 4.78 is 0. The van der Waals surface area contributed by atoms with Gasteiger partial charge in [0.25, 0.3) is 0 Å². The van der Waals surface area contributed by atoms with Gasteiger partial charge >= 0.3 is 5.97 Å². The number of benzene rings is 1. The van der Waals surface area contributed by atoms with Crippen LogP contribution >= 0.6 is 0 Å². The molecule has 0 fully saturated rings. The number of nitrogens with one attached hydrogen (secondary N) is 1. The smallest absolute Gasteiger partial charge is 0.312 e. The van der Waals surface area contributed by atoms with E-state index in [1.165, 1.54) is 0 Å². The Kier molecular flexibility index (Phi) is 3.06. The van der Waals surface area contributed by atoms with E-state index in [0.29, 0.717) is 11.4 Å². The number of amides is 1. The number of nitrogens with two attached hydrogens (primary N) is 1. The van der Waals surface area contributed by atoms with Crippen molar-refractivity contribution in [2.24, 2.45) is 0 Å². The fraction of sp³-hybridized carbons (Fsp3) is 0.111. The van der Waals surface area contributed by atoms with E-state index in [1.54, 1.807) is 24.3 Å². The minimum atomic E-state index is -1.15. The average molecular weight is 194 g/mol. The topological polar surface area (TPSA) is 92.4 Å². The highest BCUT2D eigenvalue weighted by atomic mass is 16.4. The third kappa shape index (κ3) is 3.14. The van der Waals surface area contributed by atoms with Crippen molar-refractivity contribution in [1.29, 1.82) is 0 Å². The summed E-state index contributed by atoms with van der Waals surface area (Å²) in [7, 11) is 0. The summed E-state index contributed by atoms with van der Waals surface area (Å²) in [5, 5.41) is 10.8. The van der Waals surface area contributed by atoms with Crippen LogP contribution in [0.3, 0.4) is 0 Å². The molecule has 0 bridgehead atoms. The number of aliphatic carboxylic acids is 1. The average Bonchev–Trinajstić information content (AvgIpc) is 2.07. The largest absolute Gasteiger partial charge is 0.481 e. The fourth-order valence-electron chi connectivity index (χ4n) is 0.909. The van der Waals surface area contributed by atoms with E-state index in [2.05, 4.69) is 5.32 Å². The zero-order valence-corrected chi connectivity index (χ0v) is 7.36. The second-order valence-corrected chi connectivity index (χ2v) is 2.74. The van der Waals surface area contributed by atoms with Crippen LogP contribution in [0.4, 0.5) is 11.4 Å². The maximum absolute atomic E-state index is 11.0. The van der Waals surface area contributed by atoms with E-state index in [0.717, 1.165) is 0 Å². The van der Waals surface area contributed by atoms with Crippen molar-refractivity contribution in [3.63, 3.8) is 0 Å². The predicted octanol–water partition coefficient (Wildman–Crippen LogP) is 0.682. The van der Waals surface area contributed by atoms with E-state index < -0.39 is 18.3 Å². The molecule has 1 aromatic rings. The van der Waals surface area contributed by atoms with Gasteiger partial charge in [-0.05, 0) is 24.3 Å². The summed E-state index contributed by atoms with van der Waals surface area (Å²) >= 11 is 0. The third-order valence-electron chi connectivity index (χ3n) is 1.51. The van der Waals surface area contributed by atoms with E-state index in [4.69, 9.17) is 10.8 Å². The molecule has 1 rings (SSSR count). The van der Waals surface area contributed by atoms with Gasteiger partial charge in [0.2, 0.25) is 5.91 Å². The first-order valence-corrected chi connectivity index (χ1v) is 3.95. The first-order chi connectivity index (χ1) is 6.58. The molecular weight excluding hydrogens is 184 g/mol. The second kappa shape index (κ2) is 4.27. The summed E-state index contributed by atoms with van der Waals surface area (Å²) in [4.78, 5) is 21.2. The van der Waals surface area contributed by atoms with E-state index in [1.807, 2.05) is 0 Å². The van der Waals surface area contributed by atoms with Gasteiger partial charge in [-0.25, -0.2) is 0 Å². The van der Waals surface area contributed by atoms with Crippen LogP contribution in [0, 0.1) is 0 Å². The molecule has 14 heavy (non-hydrogen) atoms. The van der Waals surface area contributed by atoms with E-state index >= 15 is 0 Å². The molecule has 0 heterocycles. The highest BCUT2D eigenvalue weighted by Crippen LogP contribution is 2.10. The lowest BCUT2D eigenvalue weighted by atomic mass is 10.3. The van der Waals surface area contributed by atoms with Crippen LogP contribution in [0.2, 0.25) is 0 Å². The van der Waals surface area contributed by atoms with Gasteiger partial charge in [-0.2, -0.15) is 0 Å². The van der Waals surface area contributed by atoms with E-state index in [9.17, 15) is 9.59 Å². The van der Waals surface area contributed by atoms with E-state index in [-0.39, 0.29) is 0 Å². The van der Waals surface area contributed by atoms with Crippen LogP contribution in [-0.4, -0.2) is 17.0 Å². The summed E-state index contributed by atoms with van der Waals surface area (Å²) in [5.74, 6) is -1.71. The molecule has 5 heteroatoms. The second-order valence-electron chi connectivity index (χ2n) is 2.74. The summed E-state index contributed by atoms with van der Waals surface area (Å²) in [5.41, 5.74) is 6.55. The van der Waals surface area contributed by atoms with Crippen LogP contribution in [0.15, 0.2) is 24.3 Å². The molecule has 0 aliphatic heterocycles.